The fraction of sp³-hybridized carbons (Fsp3) is 0.105. The van der Waals surface area contributed by atoms with Crippen molar-refractivity contribution in [3.05, 3.63) is 54.4 Å². The number of ether oxygens (including phenoxy) is 2. The van der Waals surface area contributed by atoms with E-state index in [9.17, 15) is 4.79 Å². The van der Waals surface area contributed by atoms with Gasteiger partial charge in [0.15, 0.2) is 5.11 Å². The van der Waals surface area contributed by atoms with Crippen LogP contribution in [0.3, 0.4) is 0 Å². The lowest BCUT2D eigenvalue weighted by atomic mass is 10.1. The Morgan fingerprint density at radius 1 is 1.13 bits per heavy atom. The van der Waals surface area contributed by atoms with E-state index in [4.69, 9.17) is 21.7 Å². The van der Waals surface area contributed by atoms with Gasteiger partial charge in [-0.25, -0.2) is 0 Å². The fourth-order valence-corrected chi connectivity index (χ4v) is 3.84. The third kappa shape index (κ3) is 3.93. The monoisotopic (exact) mass is 440 g/mol. The highest BCUT2D eigenvalue weighted by atomic mass is 32.1. The molecule has 0 unspecified atom stereocenters. The molecule has 0 radical (unpaired) electrons. The molecule has 9 nitrogen and oxygen atoms in total. The van der Waals surface area contributed by atoms with Crippen molar-refractivity contribution in [2.24, 2.45) is 0 Å². The Morgan fingerprint density at radius 2 is 1.87 bits per heavy atom. The SMILES string of the molecule is COc1cccc(OC)c1C(=O)NC(=S)Nc1cccc(-c2nn3cnnc3s2)c1. The number of hydrogen-bond acceptors (Lipinski definition) is 8. The van der Waals surface area contributed by atoms with Crippen LogP contribution in [0.2, 0.25) is 0 Å². The van der Waals surface area contributed by atoms with E-state index in [-0.39, 0.29) is 10.7 Å². The molecule has 0 saturated heterocycles. The van der Waals surface area contributed by atoms with Gasteiger partial charge in [-0.2, -0.15) is 9.61 Å². The molecular weight excluding hydrogens is 424 g/mol. The lowest BCUT2D eigenvalue weighted by molar-refractivity contribution is 0.0971. The molecule has 2 N–H and O–H groups in total. The largest absolute Gasteiger partial charge is 0.496 e. The van der Waals surface area contributed by atoms with Crippen LogP contribution in [0.5, 0.6) is 11.5 Å². The van der Waals surface area contributed by atoms with Gasteiger partial charge in [0, 0.05) is 11.3 Å². The summed E-state index contributed by atoms with van der Waals surface area (Å²) in [6, 6.07) is 12.6. The van der Waals surface area contributed by atoms with E-state index in [1.165, 1.54) is 25.6 Å². The van der Waals surface area contributed by atoms with Crippen molar-refractivity contribution in [3.8, 4) is 22.1 Å². The number of thiocarbonyl (C=S) groups is 1. The van der Waals surface area contributed by atoms with Gasteiger partial charge >= 0.3 is 0 Å². The second-order valence-electron chi connectivity index (χ2n) is 5.99. The van der Waals surface area contributed by atoms with Gasteiger partial charge in [0.2, 0.25) is 4.96 Å². The molecule has 0 saturated carbocycles. The average molecular weight is 441 g/mol. The standard InChI is InChI=1S/C19H16N6O3S2/c1-27-13-7-4-8-14(28-2)15(13)16(26)22-18(29)21-12-6-3-5-11(9-12)17-24-25-10-20-23-19(25)30-17/h3-10H,1-2H3,(H2,21,22,26,29). The molecule has 1 amide bonds. The number of amides is 1. The van der Waals surface area contributed by atoms with E-state index in [1.54, 1.807) is 29.0 Å². The summed E-state index contributed by atoms with van der Waals surface area (Å²) < 4.78 is 12.2. The van der Waals surface area contributed by atoms with Crippen LogP contribution in [0.4, 0.5) is 5.69 Å². The summed E-state index contributed by atoms with van der Waals surface area (Å²) in [4.78, 5) is 13.4. The van der Waals surface area contributed by atoms with E-state index in [0.29, 0.717) is 22.1 Å². The van der Waals surface area contributed by atoms with Crippen molar-refractivity contribution in [1.29, 1.82) is 0 Å². The Morgan fingerprint density at radius 3 is 2.57 bits per heavy atom. The lowest BCUT2D eigenvalue weighted by Crippen LogP contribution is -2.34. The summed E-state index contributed by atoms with van der Waals surface area (Å²) in [6.45, 7) is 0. The third-order valence-electron chi connectivity index (χ3n) is 4.14. The number of fused-ring (bicyclic) bond motifs is 1. The molecule has 0 aliphatic carbocycles. The summed E-state index contributed by atoms with van der Waals surface area (Å²) in [5.41, 5.74) is 1.85. The van der Waals surface area contributed by atoms with Crippen molar-refractivity contribution >= 4 is 45.2 Å². The van der Waals surface area contributed by atoms with Gasteiger partial charge in [0.05, 0.1) is 14.2 Å². The zero-order valence-corrected chi connectivity index (χ0v) is 17.6. The van der Waals surface area contributed by atoms with Crippen LogP contribution in [0, 0.1) is 0 Å². The molecule has 4 rings (SSSR count). The highest BCUT2D eigenvalue weighted by molar-refractivity contribution is 7.80. The summed E-state index contributed by atoms with van der Waals surface area (Å²) in [5, 5.41) is 18.8. The minimum Gasteiger partial charge on any atom is -0.496 e. The van der Waals surface area contributed by atoms with Crippen LogP contribution in [0.25, 0.3) is 15.5 Å². The topological polar surface area (TPSA) is 103 Å². The quantitative estimate of drug-likeness (QED) is 0.457. The smallest absolute Gasteiger partial charge is 0.264 e. The second kappa shape index (κ2) is 8.43. The maximum Gasteiger partial charge on any atom is 0.264 e. The molecule has 0 bridgehead atoms. The van der Waals surface area contributed by atoms with Gasteiger partial charge in [0.25, 0.3) is 5.91 Å². The molecule has 2 aromatic heterocycles. The lowest BCUT2D eigenvalue weighted by Gasteiger charge is -2.14. The van der Waals surface area contributed by atoms with E-state index < -0.39 is 5.91 Å². The minimum atomic E-state index is -0.438. The average Bonchev–Trinajstić information content (AvgIpc) is 3.35. The predicted octanol–water partition coefficient (Wildman–Crippen LogP) is 3.00. The van der Waals surface area contributed by atoms with Crippen molar-refractivity contribution in [2.45, 2.75) is 0 Å². The first kappa shape index (κ1) is 19.7. The second-order valence-corrected chi connectivity index (χ2v) is 7.36. The van der Waals surface area contributed by atoms with Gasteiger partial charge in [0.1, 0.15) is 28.4 Å². The van der Waals surface area contributed by atoms with Crippen molar-refractivity contribution in [2.75, 3.05) is 19.5 Å². The van der Waals surface area contributed by atoms with E-state index >= 15 is 0 Å². The Bertz CT molecular complexity index is 1190. The predicted molar refractivity (Wildman–Crippen MR) is 117 cm³/mol. The molecule has 2 aromatic carbocycles. The normalized spacial score (nSPS) is 10.6. The number of carbonyl (C=O) groups is 1. The molecule has 0 aliphatic rings. The summed E-state index contributed by atoms with van der Waals surface area (Å²) in [6.07, 6.45) is 1.55. The van der Waals surface area contributed by atoms with E-state index in [1.807, 2.05) is 24.3 Å². The molecule has 152 valence electrons. The molecule has 2 heterocycles. The molecule has 0 aliphatic heterocycles. The number of nitrogens with one attached hydrogen (secondary N) is 2. The molecule has 0 fully saturated rings. The van der Waals surface area contributed by atoms with Gasteiger partial charge in [-0.1, -0.05) is 29.5 Å². The number of methoxy groups -OCH3 is 2. The number of hydrogen-bond donors (Lipinski definition) is 2. The van der Waals surface area contributed by atoms with Crippen LogP contribution in [-0.2, 0) is 0 Å². The van der Waals surface area contributed by atoms with Crippen molar-refractivity contribution in [3.63, 3.8) is 0 Å². The number of anilines is 1. The van der Waals surface area contributed by atoms with Crippen LogP contribution >= 0.6 is 23.6 Å². The third-order valence-corrected chi connectivity index (χ3v) is 5.30. The van der Waals surface area contributed by atoms with Gasteiger partial charge in [-0.15, -0.1) is 10.2 Å². The number of aromatic nitrogens is 4. The molecule has 30 heavy (non-hydrogen) atoms. The first-order valence-corrected chi connectivity index (χ1v) is 9.92. The van der Waals surface area contributed by atoms with Gasteiger partial charge in [-0.05, 0) is 36.5 Å². The first-order chi connectivity index (χ1) is 14.6. The van der Waals surface area contributed by atoms with Crippen LogP contribution in [0.1, 0.15) is 10.4 Å². The maximum absolute atomic E-state index is 12.7. The fourth-order valence-electron chi connectivity index (χ4n) is 2.81. The zero-order valence-electron chi connectivity index (χ0n) is 15.9. The first-order valence-electron chi connectivity index (χ1n) is 8.69. The summed E-state index contributed by atoms with van der Waals surface area (Å²) >= 11 is 6.73. The molecular formula is C19H16N6O3S2. The zero-order chi connectivity index (χ0) is 21.1. The summed E-state index contributed by atoms with van der Waals surface area (Å²) in [7, 11) is 2.97. The summed E-state index contributed by atoms with van der Waals surface area (Å²) in [5.74, 6) is 0.339. The van der Waals surface area contributed by atoms with Gasteiger partial charge in [-0.3, -0.25) is 10.1 Å². The Balaban J connectivity index is 1.50. The Kier molecular flexibility index (Phi) is 5.55. The molecule has 11 heteroatoms. The minimum absolute atomic E-state index is 0.142. The van der Waals surface area contributed by atoms with Crippen molar-refractivity contribution < 1.29 is 14.3 Å². The number of benzene rings is 2. The Labute approximate surface area is 180 Å². The molecule has 4 aromatic rings. The van der Waals surface area contributed by atoms with Crippen molar-refractivity contribution in [1.82, 2.24) is 25.1 Å². The van der Waals surface area contributed by atoms with Crippen LogP contribution < -0.4 is 20.1 Å². The highest BCUT2D eigenvalue weighted by Crippen LogP contribution is 2.28. The van der Waals surface area contributed by atoms with Crippen LogP contribution in [-0.4, -0.2) is 45.1 Å². The maximum atomic E-state index is 12.7. The Hall–Kier alpha value is -3.57. The van der Waals surface area contributed by atoms with Crippen LogP contribution in [0.15, 0.2) is 48.8 Å². The number of carbonyl (C=O) groups excluding carboxylic acids is 1. The molecule has 0 spiro atoms. The highest BCUT2D eigenvalue weighted by Gasteiger charge is 2.19. The van der Waals surface area contributed by atoms with Gasteiger partial charge < -0.3 is 14.8 Å². The van der Waals surface area contributed by atoms with E-state index in [0.717, 1.165) is 10.6 Å². The number of rotatable bonds is 5. The van der Waals surface area contributed by atoms with E-state index in [2.05, 4.69) is 25.9 Å². The molecule has 0 atom stereocenters. The number of nitrogens with zero attached hydrogens (tertiary/aromatic N) is 4.